The number of imidazole rings is 1. The molecule has 3 rings (SSSR count). The molecule has 0 saturated heterocycles. The van der Waals surface area contributed by atoms with Crippen molar-refractivity contribution in [3.05, 3.63) is 45.1 Å². The van der Waals surface area contributed by atoms with Gasteiger partial charge in [-0.1, -0.05) is 11.6 Å². The molecule has 0 atom stereocenters. The highest BCUT2D eigenvalue weighted by molar-refractivity contribution is 7.71. The van der Waals surface area contributed by atoms with Gasteiger partial charge in [0.05, 0.1) is 21.7 Å². The zero-order valence-electron chi connectivity index (χ0n) is 10.8. The van der Waals surface area contributed by atoms with Gasteiger partial charge in [0.1, 0.15) is 18.1 Å². The molecule has 0 amide bonds. The van der Waals surface area contributed by atoms with Crippen LogP contribution < -0.4 is 0 Å². The lowest BCUT2D eigenvalue weighted by molar-refractivity contribution is 0.458. The van der Waals surface area contributed by atoms with E-state index in [1.165, 1.54) is 6.07 Å². The fourth-order valence-electron chi connectivity index (χ4n) is 2.05. The van der Waals surface area contributed by atoms with Crippen molar-refractivity contribution in [2.24, 2.45) is 0 Å². The maximum absolute atomic E-state index is 13.4. The van der Waals surface area contributed by atoms with Crippen LogP contribution in [-0.4, -0.2) is 14.5 Å². The topological polar surface area (TPSA) is 46.8 Å². The number of hydrogen-bond donors (Lipinski definition) is 1. The molecule has 2 heterocycles. The summed E-state index contributed by atoms with van der Waals surface area (Å²) in [6.45, 7) is 4.10. The van der Waals surface area contributed by atoms with E-state index in [0.717, 1.165) is 17.0 Å². The Labute approximate surface area is 124 Å². The summed E-state index contributed by atoms with van der Waals surface area (Å²) in [5.74, 6) is 0.846. The molecule has 104 valence electrons. The standard InChI is InChI=1S/C13H11ClFN3OS/c1-6-7(2)19-12(16-6)5-18-11-3-8(14)9(15)4-10(11)17-13(18)20/h3-4H,5H2,1-2H3,(H,17,20). The molecule has 0 aliphatic heterocycles. The highest BCUT2D eigenvalue weighted by Crippen LogP contribution is 2.23. The molecule has 0 aliphatic carbocycles. The van der Waals surface area contributed by atoms with E-state index in [9.17, 15) is 4.39 Å². The van der Waals surface area contributed by atoms with Gasteiger partial charge in [-0.2, -0.15) is 0 Å². The summed E-state index contributed by atoms with van der Waals surface area (Å²) >= 11 is 11.1. The number of fused-ring (bicyclic) bond motifs is 1. The molecule has 20 heavy (non-hydrogen) atoms. The summed E-state index contributed by atoms with van der Waals surface area (Å²) in [6, 6.07) is 2.87. The van der Waals surface area contributed by atoms with Crippen LogP contribution in [0.15, 0.2) is 16.5 Å². The molecular weight excluding hydrogens is 301 g/mol. The second-order valence-corrected chi connectivity index (χ2v) is 5.34. The molecule has 0 saturated carbocycles. The largest absolute Gasteiger partial charge is 0.444 e. The molecule has 4 nitrogen and oxygen atoms in total. The molecule has 0 spiro atoms. The number of nitrogens with one attached hydrogen (secondary N) is 1. The van der Waals surface area contributed by atoms with Crippen LogP contribution in [0.5, 0.6) is 0 Å². The van der Waals surface area contributed by atoms with Gasteiger partial charge < -0.3 is 14.0 Å². The Kier molecular flexibility index (Phi) is 3.14. The Morgan fingerprint density at radius 3 is 2.85 bits per heavy atom. The minimum absolute atomic E-state index is 0.0556. The molecule has 0 radical (unpaired) electrons. The van der Waals surface area contributed by atoms with Crippen molar-refractivity contribution in [1.29, 1.82) is 0 Å². The third-order valence-electron chi connectivity index (χ3n) is 3.18. The molecule has 2 aromatic heterocycles. The number of aromatic amines is 1. The molecular formula is C13H11ClFN3OS. The summed E-state index contributed by atoms with van der Waals surface area (Å²) in [4.78, 5) is 7.26. The van der Waals surface area contributed by atoms with Crippen molar-refractivity contribution in [2.75, 3.05) is 0 Å². The summed E-state index contributed by atoms with van der Waals surface area (Å²) in [5, 5.41) is 0.0556. The van der Waals surface area contributed by atoms with E-state index in [0.29, 0.717) is 22.7 Å². The highest BCUT2D eigenvalue weighted by Gasteiger charge is 2.12. The maximum atomic E-state index is 13.4. The van der Waals surface area contributed by atoms with Crippen LogP contribution in [0.3, 0.4) is 0 Å². The van der Waals surface area contributed by atoms with Crippen molar-refractivity contribution in [3.63, 3.8) is 0 Å². The second kappa shape index (κ2) is 4.71. The molecule has 3 aromatic rings. The third-order valence-corrected chi connectivity index (χ3v) is 3.79. The minimum atomic E-state index is -0.481. The molecule has 0 bridgehead atoms. The van der Waals surface area contributed by atoms with Gasteiger partial charge in [0.15, 0.2) is 4.77 Å². The van der Waals surface area contributed by atoms with Gasteiger partial charge in [-0.05, 0) is 32.1 Å². The lowest BCUT2D eigenvalue weighted by Gasteiger charge is -2.02. The monoisotopic (exact) mass is 311 g/mol. The van der Waals surface area contributed by atoms with E-state index in [-0.39, 0.29) is 5.02 Å². The van der Waals surface area contributed by atoms with Crippen molar-refractivity contribution in [3.8, 4) is 0 Å². The number of benzene rings is 1. The smallest absolute Gasteiger partial charge is 0.214 e. The summed E-state index contributed by atoms with van der Waals surface area (Å²) < 4.78 is 21.2. The Balaban J connectivity index is 2.13. The fourth-order valence-corrected chi connectivity index (χ4v) is 2.48. The van der Waals surface area contributed by atoms with Crippen LogP contribution in [0.25, 0.3) is 11.0 Å². The van der Waals surface area contributed by atoms with Crippen molar-refractivity contribution in [2.45, 2.75) is 20.4 Å². The quantitative estimate of drug-likeness (QED) is 0.723. The molecule has 1 aromatic carbocycles. The predicted molar refractivity (Wildman–Crippen MR) is 77.2 cm³/mol. The van der Waals surface area contributed by atoms with Crippen LogP contribution >= 0.6 is 23.8 Å². The second-order valence-electron chi connectivity index (χ2n) is 4.55. The maximum Gasteiger partial charge on any atom is 0.214 e. The first-order chi connectivity index (χ1) is 9.45. The van der Waals surface area contributed by atoms with Gasteiger partial charge in [-0.15, -0.1) is 0 Å². The normalized spacial score (nSPS) is 11.4. The average Bonchev–Trinajstić information content (AvgIpc) is 2.83. The molecule has 0 fully saturated rings. The lowest BCUT2D eigenvalue weighted by Crippen LogP contribution is -2.00. The molecule has 1 N–H and O–H groups in total. The van der Waals surface area contributed by atoms with Gasteiger partial charge >= 0.3 is 0 Å². The van der Waals surface area contributed by atoms with E-state index in [4.69, 9.17) is 28.2 Å². The van der Waals surface area contributed by atoms with Crippen LogP contribution in [0.1, 0.15) is 17.3 Å². The van der Waals surface area contributed by atoms with E-state index in [1.807, 2.05) is 13.8 Å². The Bertz CT molecular complexity index is 845. The Morgan fingerprint density at radius 2 is 2.20 bits per heavy atom. The zero-order valence-corrected chi connectivity index (χ0v) is 12.4. The van der Waals surface area contributed by atoms with Crippen molar-refractivity contribution >= 4 is 34.9 Å². The number of halogens is 2. The number of aryl methyl sites for hydroxylation is 2. The van der Waals surface area contributed by atoms with Crippen LogP contribution in [0.4, 0.5) is 4.39 Å². The Morgan fingerprint density at radius 1 is 1.45 bits per heavy atom. The number of aromatic nitrogens is 3. The van der Waals surface area contributed by atoms with Crippen molar-refractivity contribution in [1.82, 2.24) is 14.5 Å². The lowest BCUT2D eigenvalue weighted by atomic mass is 10.3. The van der Waals surface area contributed by atoms with Gasteiger partial charge in [-0.3, -0.25) is 0 Å². The number of H-pyrrole nitrogens is 1. The number of nitrogens with zero attached hydrogens (tertiary/aromatic N) is 2. The zero-order chi connectivity index (χ0) is 14.4. The first kappa shape index (κ1) is 13.3. The summed E-state index contributed by atoms with van der Waals surface area (Å²) in [5.41, 5.74) is 2.15. The van der Waals surface area contributed by atoms with Crippen molar-refractivity contribution < 1.29 is 8.81 Å². The van der Waals surface area contributed by atoms with E-state index < -0.39 is 5.82 Å². The minimum Gasteiger partial charge on any atom is -0.444 e. The predicted octanol–water partition coefficient (Wildman–Crippen LogP) is 4.14. The first-order valence-corrected chi connectivity index (χ1v) is 6.75. The molecule has 0 unspecified atom stereocenters. The van der Waals surface area contributed by atoms with Gasteiger partial charge in [-0.25, -0.2) is 9.37 Å². The number of rotatable bonds is 2. The molecule has 7 heteroatoms. The van der Waals surface area contributed by atoms with Gasteiger partial charge in [0.25, 0.3) is 0 Å². The van der Waals surface area contributed by atoms with Crippen LogP contribution in [-0.2, 0) is 6.54 Å². The highest BCUT2D eigenvalue weighted by atomic mass is 35.5. The van der Waals surface area contributed by atoms with Crippen LogP contribution in [0, 0.1) is 24.4 Å². The number of oxazole rings is 1. The Hall–Kier alpha value is -1.66. The van der Waals surface area contributed by atoms with Crippen LogP contribution in [0.2, 0.25) is 5.02 Å². The fraction of sp³-hybridized carbons (Fsp3) is 0.231. The van der Waals surface area contributed by atoms with Gasteiger partial charge in [0.2, 0.25) is 5.89 Å². The third kappa shape index (κ3) is 2.14. The van der Waals surface area contributed by atoms with E-state index >= 15 is 0 Å². The van der Waals surface area contributed by atoms with Gasteiger partial charge in [0, 0.05) is 6.07 Å². The SMILES string of the molecule is Cc1nc(Cn2c(=S)[nH]c3cc(F)c(Cl)cc32)oc1C. The number of hydrogen-bond acceptors (Lipinski definition) is 3. The summed E-state index contributed by atoms with van der Waals surface area (Å²) in [7, 11) is 0. The van der Waals surface area contributed by atoms with E-state index in [1.54, 1.807) is 10.6 Å². The average molecular weight is 312 g/mol. The van der Waals surface area contributed by atoms with E-state index in [2.05, 4.69) is 9.97 Å². The summed E-state index contributed by atoms with van der Waals surface area (Å²) in [6.07, 6.45) is 0. The molecule has 0 aliphatic rings. The first-order valence-electron chi connectivity index (χ1n) is 5.96.